The number of carbonyl (C=O) groups excluding carboxylic acids is 1. The van der Waals surface area contributed by atoms with Crippen LogP contribution < -0.4 is 15.4 Å². The number of piperidine rings is 1. The van der Waals surface area contributed by atoms with Gasteiger partial charge in [-0.25, -0.2) is 4.79 Å². The highest BCUT2D eigenvalue weighted by Crippen LogP contribution is 2.25. The molecule has 2 heterocycles. The number of nitrogens with one attached hydrogen (secondary N) is 2. The quantitative estimate of drug-likeness (QED) is 0.802. The van der Waals surface area contributed by atoms with Crippen molar-refractivity contribution in [2.45, 2.75) is 26.3 Å². The Hall–Kier alpha value is -2.05. The second-order valence-electron chi connectivity index (χ2n) is 6.86. The van der Waals surface area contributed by atoms with E-state index in [1.165, 1.54) is 11.3 Å². The molecule has 0 bridgehead atoms. The largest absolute Gasteiger partial charge is 0.495 e. The number of aryl methyl sites for hydroxylation is 1. The van der Waals surface area contributed by atoms with E-state index in [9.17, 15) is 4.79 Å². The molecule has 2 aromatic rings. The number of thiophene rings is 1. The SMILES string of the molecule is COc1ccc(C)cc1NC(=O)NC[C@H]1CCCN(Cc2cccs2)C1. The lowest BCUT2D eigenvalue weighted by molar-refractivity contribution is 0.167. The standard InChI is InChI=1S/C20H27N3O2S/c1-15-7-8-19(25-2)18(11-15)22-20(24)21-12-16-5-3-9-23(13-16)14-17-6-4-10-26-17/h4,6-8,10-11,16H,3,5,9,12-14H2,1-2H3,(H2,21,22,24)/t16-/m1/s1. The molecule has 1 aliphatic rings. The van der Waals surface area contributed by atoms with Gasteiger partial charge in [-0.15, -0.1) is 11.3 Å². The Morgan fingerprint density at radius 3 is 3.04 bits per heavy atom. The van der Waals surface area contributed by atoms with Gasteiger partial charge < -0.3 is 15.4 Å². The van der Waals surface area contributed by atoms with Crippen molar-refractivity contribution in [3.05, 3.63) is 46.2 Å². The van der Waals surface area contributed by atoms with Crippen LogP contribution in [0.15, 0.2) is 35.7 Å². The molecule has 3 rings (SSSR count). The number of hydrogen-bond acceptors (Lipinski definition) is 4. The van der Waals surface area contributed by atoms with Crippen LogP contribution in [0, 0.1) is 12.8 Å². The van der Waals surface area contributed by atoms with E-state index in [1.54, 1.807) is 7.11 Å². The number of urea groups is 1. The van der Waals surface area contributed by atoms with Crippen molar-refractivity contribution in [3.8, 4) is 5.75 Å². The number of likely N-dealkylation sites (tertiary alicyclic amines) is 1. The zero-order chi connectivity index (χ0) is 18.4. The molecule has 6 heteroatoms. The number of methoxy groups -OCH3 is 1. The third-order valence-corrected chi connectivity index (χ3v) is 5.58. The van der Waals surface area contributed by atoms with E-state index in [2.05, 4.69) is 33.0 Å². The van der Waals surface area contributed by atoms with Gasteiger partial charge in [-0.2, -0.15) is 0 Å². The number of benzene rings is 1. The van der Waals surface area contributed by atoms with Crippen molar-refractivity contribution in [1.82, 2.24) is 10.2 Å². The Labute approximate surface area is 159 Å². The van der Waals surface area contributed by atoms with E-state index >= 15 is 0 Å². The lowest BCUT2D eigenvalue weighted by atomic mass is 9.98. The Kier molecular flexibility index (Phi) is 6.52. The Morgan fingerprint density at radius 2 is 2.27 bits per heavy atom. The molecule has 1 aromatic carbocycles. The molecule has 1 aromatic heterocycles. The van der Waals surface area contributed by atoms with Crippen molar-refractivity contribution in [3.63, 3.8) is 0 Å². The third-order valence-electron chi connectivity index (χ3n) is 4.72. The van der Waals surface area contributed by atoms with Gasteiger partial charge in [0.25, 0.3) is 0 Å². The van der Waals surface area contributed by atoms with Crippen LogP contribution >= 0.6 is 11.3 Å². The predicted octanol–water partition coefficient (Wildman–Crippen LogP) is 4.10. The van der Waals surface area contributed by atoms with Crippen molar-refractivity contribution in [1.29, 1.82) is 0 Å². The van der Waals surface area contributed by atoms with Crippen LogP contribution in [-0.4, -0.2) is 37.7 Å². The molecule has 1 aliphatic heterocycles. The van der Waals surface area contributed by atoms with Crippen LogP contribution in [0.4, 0.5) is 10.5 Å². The van der Waals surface area contributed by atoms with Gasteiger partial charge in [0.1, 0.15) is 5.75 Å². The molecular formula is C20H27N3O2S. The first kappa shape index (κ1) is 18.7. The van der Waals surface area contributed by atoms with Crippen LogP contribution in [0.1, 0.15) is 23.3 Å². The summed E-state index contributed by atoms with van der Waals surface area (Å²) >= 11 is 1.81. The minimum Gasteiger partial charge on any atom is -0.495 e. The minimum atomic E-state index is -0.177. The van der Waals surface area contributed by atoms with Gasteiger partial charge in [-0.05, 0) is 61.4 Å². The van der Waals surface area contributed by atoms with E-state index in [1.807, 2.05) is 36.5 Å². The molecule has 0 radical (unpaired) electrons. The number of ether oxygens (including phenoxy) is 1. The normalized spacial score (nSPS) is 17.7. The maximum absolute atomic E-state index is 12.3. The van der Waals surface area contributed by atoms with Gasteiger partial charge in [0, 0.05) is 24.5 Å². The zero-order valence-electron chi connectivity index (χ0n) is 15.5. The third kappa shape index (κ3) is 5.22. The van der Waals surface area contributed by atoms with Gasteiger partial charge >= 0.3 is 6.03 Å². The maximum atomic E-state index is 12.3. The Morgan fingerprint density at radius 1 is 1.38 bits per heavy atom. The van der Waals surface area contributed by atoms with Gasteiger partial charge in [-0.3, -0.25) is 4.90 Å². The van der Waals surface area contributed by atoms with E-state index in [4.69, 9.17) is 4.74 Å². The van der Waals surface area contributed by atoms with Crippen LogP contribution in [0.2, 0.25) is 0 Å². The number of nitrogens with zero attached hydrogens (tertiary/aromatic N) is 1. The fraction of sp³-hybridized carbons (Fsp3) is 0.450. The molecule has 1 saturated heterocycles. The first-order valence-corrected chi connectivity index (χ1v) is 9.96. The second kappa shape index (κ2) is 9.05. The topological polar surface area (TPSA) is 53.6 Å². The van der Waals surface area contributed by atoms with Gasteiger partial charge in [0.2, 0.25) is 0 Å². The minimum absolute atomic E-state index is 0.177. The Balaban J connectivity index is 1.47. The van der Waals surface area contributed by atoms with Crippen LogP contribution in [0.5, 0.6) is 5.75 Å². The number of hydrogen-bond donors (Lipinski definition) is 2. The lowest BCUT2D eigenvalue weighted by Crippen LogP contribution is -2.41. The van der Waals surface area contributed by atoms with Gasteiger partial charge in [-0.1, -0.05) is 12.1 Å². The molecule has 1 fully saturated rings. The number of anilines is 1. The molecular weight excluding hydrogens is 346 g/mol. The first-order chi connectivity index (χ1) is 12.6. The summed E-state index contributed by atoms with van der Waals surface area (Å²) in [6.45, 7) is 5.88. The van der Waals surface area contributed by atoms with E-state index in [0.717, 1.165) is 31.6 Å². The molecule has 2 N–H and O–H groups in total. The molecule has 5 nitrogen and oxygen atoms in total. The summed E-state index contributed by atoms with van der Waals surface area (Å²) in [7, 11) is 1.61. The summed E-state index contributed by atoms with van der Waals surface area (Å²) in [5.74, 6) is 1.17. The fourth-order valence-electron chi connectivity index (χ4n) is 3.41. The lowest BCUT2D eigenvalue weighted by Gasteiger charge is -2.32. The van der Waals surface area contributed by atoms with Crippen LogP contribution in [0.3, 0.4) is 0 Å². The number of amides is 2. The van der Waals surface area contributed by atoms with Crippen molar-refractivity contribution in [2.75, 3.05) is 32.1 Å². The molecule has 0 saturated carbocycles. The highest BCUT2D eigenvalue weighted by Gasteiger charge is 2.21. The summed E-state index contributed by atoms with van der Waals surface area (Å²) < 4.78 is 5.31. The van der Waals surface area contributed by atoms with Crippen LogP contribution in [-0.2, 0) is 6.54 Å². The smallest absolute Gasteiger partial charge is 0.319 e. The predicted molar refractivity (Wildman–Crippen MR) is 107 cm³/mol. The summed E-state index contributed by atoms with van der Waals surface area (Å²) in [6, 6.07) is 9.87. The molecule has 140 valence electrons. The summed E-state index contributed by atoms with van der Waals surface area (Å²) in [5, 5.41) is 8.05. The average molecular weight is 374 g/mol. The molecule has 1 atom stereocenters. The highest BCUT2D eigenvalue weighted by molar-refractivity contribution is 7.09. The summed E-state index contributed by atoms with van der Waals surface area (Å²) in [4.78, 5) is 16.2. The summed E-state index contributed by atoms with van der Waals surface area (Å²) in [6.07, 6.45) is 2.35. The molecule has 26 heavy (non-hydrogen) atoms. The van der Waals surface area contributed by atoms with Gasteiger partial charge in [0.05, 0.1) is 12.8 Å². The maximum Gasteiger partial charge on any atom is 0.319 e. The van der Waals surface area contributed by atoms with E-state index < -0.39 is 0 Å². The summed E-state index contributed by atoms with van der Waals surface area (Å²) in [5.41, 5.74) is 1.78. The average Bonchev–Trinajstić information content (AvgIpc) is 3.13. The van der Waals surface area contributed by atoms with Crippen molar-refractivity contribution < 1.29 is 9.53 Å². The number of carbonyl (C=O) groups is 1. The monoisotopic (exact) mass is 373 g/mol. The molecule has 0 spiro atoms. The zero-order valence-corrected chi connectivity index (χ0v) is 16.3. The molecule has 0 aliphatic carbocycles. The molecule has 0 unspecified atom stereocenters. The Bertz CT molecular complexity index is 718. The van der Waals surface area contributed by atoms with Crippen LogP contribution in [0.25, 0.3) is 0 Å². The van der Waals surface area contributed by atoms with E-state index in [-0.39, 0.29) is 6.03 Å². The van der Waals surface area contributed by atoms with Crippen molar-refractivity contribution in [2.24, 2.45) is 5.92 Å². The van der Waals surface area contributed by atoms with E-state index in [0.29, 0.717) is 23.9 Å². The second-order valence-corrected chi connectivity index (χ2v) is 7.89. The fourth-order valence-corrected chi connectivity index (χ4v) is 4.15. The highest BCUT2D eigenvalue weighted by atomic mass is 32.1. The molecule has 2 amide bonds. The van der Waals surface area contributed by atoms with Crippen molar-refractivity contribution >= 4 is 23.1 Å². The first-order valence-electron chi connectivity index (χ1n) is 9.08. The van der Waals surface area contributed by atoms with Gasteiger partial charge in [0.15, 0.2) is 0 Å². The number of rotatable bonds is 6.